The smallest absolute Gasteiger partial charge is 0.218 e. The van der Waals surface area contributed by atoms with Crippen LogP contribution in [0.15, 0.2) is 6.07 Å². The zero-order valence-corrected chi connectivity index (χ0v) is 10.4. The fourth-order valence-corrected chi connectivity index (χ4v) is 1.55. The molecule has 2 rings (SSSR count). The first-order valence-electron chi connectivity index (χ1n) is 6.02. The van der Waals surface area contributed by atoms with Crippen molar-refractivity contribution in [2.24, 2.45) is 0 Å². The largest absolute Gasteiger partial charge is 0.477 e. The van der Waals surface area contributed by atoms with E-state index in [1.54, 1.807) is 7.11 Å². The summed E-state index contributed by atoms with van der Waals surface area (Å²) in [5.74, 6) is 2.91. The molecule has 0 aliphatic heterocycles. The van der Waals surface area contributed by atoms with Crippen LogP contribution in [0.5, 0.6) is 5.88 Å². The Balaban J connectivity index is 1.97. The van der Waals surface area contributed by atoms with Crippen LogP contribution in [0.25, 0.3) is 0 Å². The Hall–Kier alpha value is -1.36. The number of hydrogen-bond donors (Lipinski definition) is 1. The Labute approximate surface area is 102 Å². The van der Waals surface area contributed by atoms with Crippen LogP contribution in [0.2, 0.25) is 0 Å². The molecule has 1 aliphatic rings. The molecular weight excluding hydrogens is 218 g/mol. The molecule has 0 spiro atoms. The minimum absolute atomic E-state index is 0.532. The molecule has 17 heavy (non-hydrogen) atoms. The minimum Gasteiger partial charge on any atom is -0.477 e. The molecule has 0 unspecified atom stereocenters. The van der Waals surface area contributed by atoms with Gasteiger partial charge in [0.2, 0.25) is 5.88 Å². The molecule has 0 aromatic carbocycles. The van der Waals surface area contributed by atoms with Crippen LogP contribution < -0.4 is 10.1 Å². The lowest BCUT2D eigenvalue weighted by molar-refractivity contribution is 0.170. The summed E-state index contributed by atoms with van der Waals surface area (Å²) in [7, 11) is 3.54. The second-order valence-electron chi connectivity index (χ2n) is 4.17. The molecule has 0 atom stereocenters. The number of anilines is 1. The predicted molar refractivity (Wildman–Crippen MR) is 65.5 cm³/mol. The van der Waals surface area contributed by atoms with Gasteiger partial charge in [-0.2, -0.15) is 4.98 Å². The van der Waals surface area contributed by atoms with E-state index in [1.807, 2.05) is 13.1 Å². The normalized spacial score (nSPS) is 14.7. The summed E-state index contributed by atoms with van der Waals surface area (Å²) in [4.78, 5) is 8.86. The summed E-state index contributed by atoms with van der Waals surface area (Å²) in [5.41, 5.74) is 0. The second kappa shape index (κ2) is 5.82. The molecule has 94 valence electrons. The van der Waals surface area contributed by atoms with E-state index in [0.29, 0.717) is 25.0 Å². The quantitative estimate of drug-likeness (QED) is 0.733. The lowest BCUT2D eigenvalue weighted by atomic mass is 10.4. The van der Waals surface area contributed by atoms with Crippen molar-refractivity contribution < 1.29 is 9.47 Å². The number of nitrogens with zero attached hydrogens (tertiary/aromatic N) is 2. The van der Waals surface area contributed by atoms with Gasteiger partial charge in [-0.05, 0) is 12.8 Å². The van der Waals surface area contributed by atoms with Crippen molar-refractivity contribution in [3.63, 3.8) is 0 Å². The van der Waals surface area contributed by atoms with Gasteiger partial charge in [-0.1, -0.05) is 0 Å². The maximum atomic E-state index is 5.60. The molecule has 1 aromatic rings. The Morgan fingerprint density at radius 1 is 1.35 bits per heavy atom. The first-order chi connectivity index (χ1) is 8.33. The molecule has 1 aliphatic carbocycles. The molecule has 0 saturated heterocycles. The molecule has 5 nitrogen and oxygen atoms in total. The van der Waals surface area contributed by atoms with Gasteiger partial charge in [0.15, 0.2) is 0 Å². The van der Waals surface area contributed by atoms with Crippen LogP contribution >= 0.6 is 0 Å². The zero-order chi connectivity index (χ0) is 12.1. The highest BCUT2D eigenvalue weighted by molar-refractivity contribution is 5.38. The van der Waals surface area contributed by atoms with E-state index in [0.717, 1.165) is 18.1 Å². The highest BCUT2D eigenvalue weighted by atomic mass is 16.5. The molecule has 1 aromatic heterocycles. The number of nitrogens with one attached hydrogen (secondary N) is 1. The van der Waals surface area contributed by atoms with Crippen molar-refractivity contribution >= 4 is 5.82 Å². The molecule has 1 fully saturated rings. The van der Waals surface area contributed by atoms with E-state index in [9.17, 15) is 0 Å². The summed E-state index contributed by atoms with van der Waals surface area (Å²) in [6, 6.07) is 1.83. The van der Waals surface area contributed by atoms with E-state index in [-0.39, 0.29) is 0 Å². The number of ether oxygens (including phenoxy) is 2. The fourth-order valence-electron chi connectivity index (χ4n) is 1.55. The molecule has 0 amide bonds. The minimum atomic E-state index is 0.532. The van der Waals surface area contributed by atoms with Gasteiger partial charge in [0.1, 0.15) is 11.6 Å². The van der Waals surface area contributed by atoms with E-state index in [4.69, 9.17) is 9.47 Å². The van der Waals surface area contributed by atoms with E-state index in [1.165, 1.54) is 12.8 Å². The second-order valence-corrected chi connectivity index (χ2v) is 4.17. The van der Waals surface area contributed by atoms with Crippen molar-refractivity contribution in [3.05, 3.63) is 11.9 Å². The Morgan fingerprint density at radius 3 is 2.82 bits per heavy atom. The van der Waals surface area contributed by atoms with Crippen LogP contribution in [0.1, 0.15) is 31.0 Å². The molecule has 1 saturated carbocycles. The average Bonchev–Trinajstić information content (AvgIpc) is 3.18. The zero-order valence-electron chi connectivity index (χ0n) is 10.4. The number of methoxy groups -OCH3 is 1. The Kier molecular flexibility index (Phi) is 4.14. The van der Waals surface area contributed by atoms with Gasteiger partial charge >= 0.3 is 0 Å². The molecule has 5 heteroatoms. The van der Waals surface area contributed by atoms with E-state index < -0.39 is 0 Å². The third kappa shape index (κ3) is 3.56. The standard InChI is InChI=1S/C12H19N3O2/c1-13-10-8-11(17-7-3-6-16-2)15-12(14-10)9-4-5-9/h8-9H,3-7H2,1-2H3,(H,13,14,15). The topological polar surface area (TPSA) is 56.3 Å². The molecule has 0 radical (unpaired) electrons. The summed E-state index contributed by atoms with van der Waals surface area (Å²) >= 11 is 0. The highest BCUT2D eigenvalue weighted by Crippen LogP contribution is 2.39. The highest BCUT2D eigenvalue weighted by Gasteiger charge is 2.27. The third-order valence-corrected chi connectivity index (χ3v) is 2.66. The van der Waals surface area contributed by atoms with Crippen LogP contribution in [0.3, 0.4) is 0 Å². The Bertz CT molecular complexity index is 367. The van der Waals surface area contributed by atoms with Crippen LogP contribution in [-0.2, 0) is 4.74 Å². The SMILES string of the molecule is CNc1cc(OCCCOC)nc(C2CC2)n1. The predicted octanol–water partition coefficient (Wildman–Crippen LogP) is 1.81. The van der Waals surface area contributed by atoms with Gasteiger partial charge in [-0.25, -0.2) is 4.98 Å². The summed E-state index contributed by atoms with van der Waals surface area (Å²) in [5, 5.41) is 3.04. The van der Waals surface area contributed by atoms with E-state index in [2.05, 4.69) is 15.3 Å². The lowest BCUT2D eigenvalue weighted by Crippen LogP contribution is -2.06. The summed E-state index contributed by atoms with van der Waals surface area (Å²) in [6.45, 7) is 1.33. The number of hydrogen-bond acceptors (Lipinski definition) is 5. The van der Waals surface area contributed by atoms with Gasteiger partial charge in [-0.15, -0.1) is 0 Å². The van der Waals surface area contributed by atoms with Crippen molar-refractivity contribution in [3.8, 4) is 5.88 Å². The van der Waals surface area contributed by atoms with Crippen molar-refractivity contribution in [2.75, 3.05) is 32.7 Å². The van der Waals surface area contributed by atoms with Gasteiger partial charge in [0, 0.05) is 39.2 Å². The Morgan fingerprint density at radius 2 is 2.18 bits per heavy atom. The number of rotatable bonds is 7. The first kappa shape index (κ1) is 12.1. The molecule has 1 heterocycles. The summed E-state index contributed by atoms with van der Waals surface area (Å²) < 4.78 is 10.6. The van der Waals surface area contributed by atoms with Crippen molar-refractivity contribution in [1.82, 2.24) is 9.97 Å². The lowest BCUT2D eigenvalue weighted by Gasteiger charge is -2.08. The molecule has 1 N–H and O–H groups in total. The molecular formula is C12H19N3O2. The molecule has 0 bridgehead atoms. The third-order valence-electron chi connectivity index (χ3n) is 2.66. The van der Waals surface area contributed by atoms with Crippen LogP contribution in [0, 0.1) is 0 Å². The maximum Gasteiger partial charge on any atom is 0.218 e. The van der Waals surface area contributed by atoms with Gasteiger partial charge in [0.05, 0.1) is 6.61 Å². The van der Waals surface area contributed by atoms with E-state index >= 15 is 0 Å². The van der Waals surface area contributed by atoms with Gasteiger partial charge in [0.25, 0.3) is 0 Å². The van der Waals surface area contributed by atoms with Crippen molar-refractivity contribution in [2.45, 2.75) is 25.2 Å². The monoisotopic (exact) mass is 237 g/mol. The van der Waals surface area contributed by atoms with Gasteiger partial charge in [-0.3, -0.25) is 0 Å². The van der Waals surface area contributed by atoms with Gasteiger partial charge < -0.3 is 14.8 Å². The summed E-state index contributed by atoms with van der Waals surface area (Å²) in [6.07, 6.45) is 3.25. The van der Waals surface area contributed by atoms with Crippen LogP contribution in [0.4, 0.5) is 5.82 Å². The van der Waals surface area contributed by atoms with Crippen molar-refractivity contribution in [1.29, 1.82) is 0 Å². The maximum absolute atomic E-state index is 5.60. The average molecular weight is 237 g/mol. The first-order valence-corrected chi connectivity index (χ1v) is 6.02. The number of aromatic nitrogens is 2. The van der Waals surface area contributed by atoms with Crippen LogP contribution in [-0.4, -0.2) is 37.3 Å². The fraction of sp³-hybridized carbons (Fsp3) is 0.667.